The Morgan fingerprint density at radius 2 is 1.86 bits per heavy atom. The molecule has 1 aromatic heterocycles. The Morgan fingerprint density at radius 1 is 1.17 bits per heavy atom. The molecule has 0 saturated heterocycles. The Hall–Kier alpha value is -3.91. The summed E-state index contributed by atoms with van der Waals surface area (Å²) < 4.78 is 6.46. The molecule has 5 aliphatic rings. The molecule has 0 radical (unpaired) electrons. The number of aryl methyl sites for hydroxylation is 2. The number of anilines is 1. The van der Waals surface area contributed by atoms with E-state index in [0.717, 1.165) is 54.4 Å². The maximum atomic E-state index is 13.4. The van der Waals surface area contributed by atoms with Crippen LogP contribution in [0.25, 0.3) is 6.08 Å². The first-order valence-corrected chi connectivity index (χ1v) is 12.1. The zero-order chi connectivity index (χ0) is 24.5. The molecule has 4 fully saturated rings. The van der Waals surface area contributed by atoms with Gasteiger partial charge in [-0.25, -0.2) is 4.98 Å². The third-order valence-electron chi connectivity index (χ3n) is 7.80. The minimum absolute atomic E-state index is 0.0678. The third-order valence-corrected chi connectivity index (χ3v) is 7.80. The number of rotatable bonds is 6. The van der Waals surface area contributed by atoms with E-state index in [1.54, 1.807) is 6.08 Å². The number of benzene rings is 1. The van der Waals surface area contributed by atoms with Crippen molar-refractivity contribution in [3.8, 4) is 23.8 Å². The van der Waals surface area contributed by atoms with Crippen LogP contribution in [0.1, 0.15) is 77.8 Å². The van der Waals surface area contributed by atoms with Crippen LogP contribution in [0.2, 0.25) is 0 Å². The Balaban J connectivity index is 1.38. The summed E-state index contributed by atoms with van der Waals surface area (Å²) >= 11 is 0. The van der Waals surface area contributed by atoms with Gasteiger partial charge >= 0.3 is 0 Å². The minimum atomic E-state index is -0.202. The van der Waals surface area contributed by atoms with E-state index in [-0.39, 0.29) is 28.9 Å². The number of nitriles is 2. The van der Waals surface area contributed by atoms with Gasteiger partial charge in [-0.2, -0.15) is 15.5 Å². The van der Waals surface area contributed by atoms with Gasteiger partial charge in [0.1, 0.15) is 11.4 Å². The minimum Gasteiger partial charge on any atom is -0.438 e. The lowest BCUT2D eigenvalue weighted by Crippen LogP contribution is -2.70. The lowest BCUT2D eigenvalue weighted by molar-refractivity contribution is -0.0665. The predicted molar refractivity (Wildman–Crippen MR) is 129 cm³/mol. The highest BCUT2D eigenvalue weighted by Gasteiger charge is 2.69. The maximum absolute atomic E-state index is 13.4. The average molecular weight is 467 g/mol. The van der Waals surface area contributed by atoms with E-state index < -0.39 is 0 Å². The van der Waals surface area contributed by atoms with E-state index in [0.29, 0.717) is 23.3 Å². The summed E-state index contributed by atoms with van der Waals surface area (Å²) in [7, 11) is 0. The van der Waals surface area contributed by atoms with Gasteiger partial charge in [-0.1, -0.05) is 0 Å². The van der Waals surface area contributed by atoms with Gasteiger partial charge in [0.05, 0.1) is 29.2 Å². The Morgan fingerprint density at radius 3 is 2.46 bits per heavy atom. The molecule has 2 heterocycles. The third kappa shape index (κ3) is 3.28. The second-order valence-corrected chi connectivity index (χ2v) is 10.6. The van der Waals surface area contributed by atoms with Crippen LogP contribution in [0, 0.1) is 41.9 Å². The van der Waals surface area contributed by atoms with Gasteiger partial charge in [-0.05, 0) is 87.8 Å². The second kappa shape index (κ2) is 7.29. The molecular weight excluding hydrogens is 440 g/mol. The van der Waals surface area contributed by atoms with Crippen molar-refractivity contribution in [1.29, 1.82) is 10.5 Å². The molecule has 1 aliphatic heterocycles. The molecule has 35 heavy (non-hydrogen) atoms. The monoisotopic (exact) mass is 466 g/mol. The number of allylic oxidation sites excluding steroid dienone is 1. The van der Waals surface area contributed by atoms with Crippen LogP contribution in [0.15, 0.2) is 18.2 Å². The summed E-state index contributed by atoms with van der Waals surface area (Å²) in [5, 5.41) is 21.6. The average Bonchev–Trinajstić information content (AvgIpc) is 3.57. The number of nitrogens with zero attached hydrogens (tertiary/aromatic N) is 5. The Kier molecular flexibility index (Phi) is 4.50. The number of amides is 1. The normalized spacial score (nSPS) is 28.1. The first kappa shape index (κ1) is 21.6. The number of ether oxygens (including phenoxy) is 1. The molecule has 4 aliphatic carbocycles. The highest BCUT2D eigenvalue weighted by Crippen LogP contribution is 2.67. The molecule has 1 N–H and O–H groups in total. The number of fused-ring (bicyclic) bond motifs is 1. The molecule has 8 heteroatoms. The summed E-state index contributed by atoms with van der Waals surface area (Å²) in [5.41, 5.74) is 3.51. The molecular formula is C27H26N6O2. The summed E-state index contributed by atoms with van der Waals surface area (Å²) in [5.74, 6) is 1.40. The van der Waals surface area contributed by atoms with Crippen molar-refractivity contribution in [2.75, 3.05) is 5.32 Å². The van der Waals surface area contributed by atoms with Crippen molar-refractivity contribution in [2.45, 2.75) is 70.5 Å². The van der Waals surface area contributed by atoms with E-state index in [1.807, 2.05) is 43.9 Å². The fourth-order valence-corrected chi connectivity index (χ4v) is 6.14. The van der Waals surface area contributed by atoms with Crippen molar-refractivity contribution in [3.05, 3.63) is 46.2 Å². The highest BCUT2D eigenvalue weighted by molar-refractivity contribution is 5.98. The van der Waals surface area contributed by atoms with Gasteiger partial charge < -0.3 is 15.0 Å². The van der Waals surface area contributed by atoms with Gasteiger partial charge in [0, 0.05) is 17.7 Å². The molecule has 8 nitrogen and oxygen atoms in total. The predicted octanol–water partition coefficient (Wildman–Crippen LogP) is 4.96. The molecule has 1 aromatic carbocycles. The number of carbonyl (C=O) groups excluding carboxylic acids is 1. The molecule has 1 atom stereocenters. The summed E-state index contributed by atoms with van der Waals surface area (Å²) in [6.07, 6.45) is 7.57. The van der Waals surface area contributed by atoms with E-state index in [4.69, 9.17) is 15.0 Å². The quantitative estimate of drug-likeness (QED) is 0.598. The molecule has 4 saturated carbocycles. The first-order valence-electron chi connectivity index (χ1n) is 12.1. The molecule has 1 unspecified atom stereocenters. The zero-order valence-electron chi connectivity index (χ0n) is 20.1. The highest BCUT2D eigenvalue weighted by atomic mass is 16.5. The molecule has 2 aromatic rings. The van der Waals surface area contributed by atoms with Crippen LogP contribution in [0.3, 0.4) is 0 Å². The largest absolute Gasteiger partial charge is 0.438 e. The van der Waals surface area contributed by atoms with Crippen molar-refractivity contribution in [1.82, 2.24) is 14.9 Å². The molecule has 1 amide bonds. The number of hydrogen-bond acceptors (Lipinski definition) is 7. The van der Waals surface area contributed by atoms with Gasteiger partial charge in [0.2, 0.25) is 11.8 Å². The van der Waals surface area contributed by atoms with Gasteiger partial charge in [-0.15, -0.1) is 0 Å². The van der Waals surface area contributed by atoms with E-state index in [2.05, 4.69) is 16.4 Å². The van der Waals surface area contributed by atoms with Gasteiger partial charge in [0.15, 0.2) is 0 Å². The second-order valence-electron chi connectivity index (χ2n) is 10.6. The van der Waals surface area contributed by atoms with Crippen LogP contribution in [-0.2, 0) is 0 Å². The van der Waals surface area contributed by atoms with Crippen molar-refractivity contribution < 1.29 is 9.53 Å². The molecule has 0 spiro atoms. The first-order chi connectivity index (χ1) is 16.8. The van der Waals surface area contributed by atoms with Gasteiger partial charge in [0.25, 0.3) is 5.91 Å². The standard InChI is InChI=1S/C27H26N6O2/c1-15-9-18(5-4-8-28)10-16(2)22(15)35-23-20-17(3)33(19-6-7-19)24(34)21(20)30-25(31-23)32-27-11-26(12-27,13-27)14-29/h4-5,9-10,17,19H,6-7,11-13H2,1-3H3,(H,30,31,32)/b5-4+. The number of carbonyl (C=O) groups is 1. The van der Waals surface area contributed by atoms with Crippen LogP contribution >= 0.6 is 0 Å². The Labute approximate surface area is 204 Å². The van der Waals surface area contributed by atoms with Crippen molar-refractivity contribution in [2.24, 2.45) is 5.41 Å². The zero-order valence-corrected chi connectivity index (χ0v) is 20.1. The van der Waals surface area contributed by atoms with Crippen LogP contribution in [0.4, 0.5) is 5.95 Å². The van der Waals surface area contributed by atoms with E-state index in [9.17, 15) is 10.1 Å². The van der Waals surface area contributed by atoms with Gasteiger partial charge in [-0.3, -0.25) is 4.79 Å². The molecule has 176 valence electrons. The van der Waals surface area contributed by atoms with E-state index in [1.165, 1.54) is 6.08 Å². The topological polar surface area (TPSA) is 115 Å². The van der Waals surface area contributed by atoms with Crippen molar-refractivity contribution in [3.63, 3.8) is 0 Å². The Bertz CT molecular complexity index is 1350. The lowest BCUT2D eigenvalue weighted by atomic mass is 9.40. The summed E-state index contributed by atoms with van der Waals surface area (Å²) in [6.45, 7) is 5.93. The molecule has 2 bridgehead atoms. The fourth-order valence-electron chi connectivity index (χ4n) is 6.14. The maximum Gasteiger partial charge on any atom is 0.273 e. The smallest absolute Gasteiger partial charge is 0.273 e. The number of nitrogens with one attached hydrogen (secondary N) is 1. The van der Waals surface area contributed by atoms with Crippen LogP contribution in [0.5, 0.6) is 11.6 Å². The van der Waals surface area contributed by atoms with E-state index >= 15 is 0 Å². The summed E-state index contributed by atoms with van der Waals surface area (Å²) in [4.78, 5) is 24.7. The SMILES string of the molecule is Cc1cc(/C=C/C#N)cc(C)c1Oc1nc(NC23CC(C#N)(C2)C3)nc2c1C(C)N(C1CC1)C2=O. The number of hydrogen-bond donors (Lipinski definition) is 1. The summed E-state index contributed by atoms with van der Waals surface area (Å²) in [6, 6.07) is 8.45. The fraction of sp³-hybridized carbons (Fsp3) is 0.444. The number of aromatic nitrogens is 2. The molecule has 7 rings (SSSR count). The van der Waals surface area contributed by atoms with Crippen molar-refractivity contribution >= 4 is 17.9 Å². The lowest BCUT2D eigenvalue weighted by Gasteiger charge is -2.66. The van der Waals surface area contributed by atoms with Crippen LogP contribution in [-0.4, -0.2) is 32.4 Å². The van der Waals surface area contributed by atoms with Crippen LogP contribution < -0.4 is 10.1 Å².